The molecular weight excluding hydrogens is 370 g/mol. The van der Waals surface area contributed by atoms with Gasteiger partial charge in [0.05, 0.1) is 6.54 Å². The number of carbonyl (C=O) groups excluding carboxylic acids is 1. The minimum absolute atomic E-state index is 0.0711. The number of carbonyl (C=O) groups is 2. The zero-order valence-corrected chi connectivity index (χ0v) is 17.1. The molecule has 1 aromatic rings. The van der Waals surface area contributed by atoms with Gasteiger partial charge in [-0.15, -0.1) is 0 Å². The van der Waals surface area contributed by atoms with E-state index in [0.717, 1.165) is 30.8 Å². The standard InChI is InChI=1S/C22H31N3O4/c1-16-5-2-8-18(13-16)29-19-14-20(25(15-19)22(27)28)21(26)24-10-4-9-23(11-12-24)17-6-3-7-17/h2,5,8,13,17,19-20H,3-4,6-7,9-12,14-15H2,1H3,(H,27,28)/t19-,20+/m0/s1. The molecule has 1 aromatic carbocycles. The highest BCUT2D eigenvalue weighted by molar-refractivity contribution is 5.86. The fraction of sp³-hybridized carbons (Fsp3) is 0.636. The average molecular weight is 402 g/mol. The first kappa shape index (κ1) is 20.0. The van der Waals surface area contributed by atoms with Crippen molar-refractivity contribution in [2.24, 2.45) is 0 Å². The summed E-state index contributed by atoms with van der Waals surface area (Å²) < 4.78 is 6.02. The van der Waals surface area contributed by atoms with E-state index in [1.165, 1.54) is 24.2 Å². The van der Waals surface area contributed by atoms with E-state index in [1.807, 2.05) is 36.1 Å². The largest absolute Gasteiger partial charge is 0.488 e. The number of hydrogen-bond donors (Lipinski definition) is 1. The van der Waals surface area contributed by atoms with Gasteiger partial charge < -0.3 is 14.7 Å². The first-order valence-electron chi connectivity index (χ1n) is 10.8. The van der Waals surface area contributed by atoms with Gasteiger partial charge in [-0.25, -0.2) is 4.79 Å². The van der Waals surface area contributed by atoms with Crippen molar-refractivity contribution in [1.29, 1.82) is 0 Å². The molecule has 7 nitrogen and oxygen atoms in total. The molecule has 4 rings (SSSR count). The molecule has 2 heterocycles. The van der Waals surface area contributed by atoms with Crippen molar-refractivity contribution in [3.8, 4) is 5.75 Å². The van der Waals surface area contributed by atoms with Crippen LogP contribution >= 0.6 is 0 Å². The van der Waals surface area contributed by atoms with E-state index in [0.29, 0.717) is 25.6 Å². The monoisotopic (exact) mass is 401 g/mol. The van der Waals surface area contributed by atoms with Gasteiger partial charge in [0.15, 0.2) is 0 Å². The van der Waals surface area contributed by atoms with Crippen LogP contribution in [0.2, 0.25) is 0 Å². The van der Waals surface area contributed by atoms with Gasteiger partial charge in [-0.1, -0.05) is 18.6 Å². The molecule has 0 unspecified atom stereocenters. The zero-order valence-electron chi connectivity index (χ0n) is 17.1. The molecule has 29 heavy (non-hydrogen) atoms. The number of carboxylic acid groups (broad SMARTS) is 1. The van der Waals surface area contributed by atoms with Crippen LogP contribution in [0.1, 0.15) is 37.7 Å². The summed E-state index contributed by atoms with van der Waals surface area (Å²) in [7, 11) is 0. The van der Waals surface area contributed by atoms with Crippen molar-refractivity contribution in [1.82, 2.24) is 14.7 Å². The lowest BCUT2D eigenvalue weighted by Crippen LogP contribution is -2.49. The highest BCUT2D eigenvalue weighted by Crippen LogP contribution is 2.28. The third kappa shape index (κ3) is 4.50. The van der Waals surface area contributed by atoms with Crippen LogP contribution in [0.15, 0.2) is 24.3 Å². The topological polar surface area (TPSA) is 73.3 Å². The van der Waals surface area contributed by atoms with E-state index in [4.69, 9.17) is 4.74 Å². The second kappa shape index (κ2) is 8.61. The first-order chi connectivity index (χ1) is 14.0. The Morgan fingerprint density at radius 2 is 1.93 bits per heavy atom. The van der Waals surface area contributed by atoms with Crippen LogP contribution in [0.3, 0.4) is 0 Å². The quantitative estimate of drug-likeness (QED) is 0.840. The molecule has 2 saturated heterocycles. The van der Waals surface area contributed by atoms with Crippen LogP contribution in [0.4, 0.5) is 4.79 Å². The Kier molecular flexibility index (Phi) is 5.94. The Labute approximate surface area is 172 Å². The Bertz CT molecular complexity index is 751. The summed E-state index contributed by atoms with van der Waals surface area (Å²) in [4.78, 5) is 30.7. The number of benzene rings is 1. The maximum absolute atomic E-state index is 13.2. The van der Waals surface area contributed by atoms with E-state index < -0.39 is 12.1 Å². The van der Waals surface area contributed by atoms with Crippen LogP contribution in [-0.2, 0) is 4.79 Å². The van der Waals surface area contributed by atoms with Crippen molar-refractivity contribution >= 4 is 12.0 Å². The number of amides is 2. The molecule has 0 spiro atoms. The van der Waals surface area contributed by atoms with Gasteiger partial charge in [-0.3, -0.25) is 14.6 Å². The van der Waals surface area contributed by atoms with Gasteiger partial charge in [0, 0.05) is 38.6 Å². The molecule has 2 amide bonds. The number of aryl methyl sites for hydroxylation is 1. The van der Waals surface area contributed by atoms with E-state index in [-0.39, 0.29) is 18.6 Å². The average Bonchev–Trinajstić information content (AvgIpc) is 2.91. The lowest BCUT2D eigenvalue weighted by atomic mass is 9.91. The van der Waals surface area contributed by atoms with E-state index in [2.05, 4.69) is 4.90 Å². The first-order valence-corrected chi connectivity index (χ1v) is 10.8. The predicted octanol–water partition coefficient (Wildman–Crippen LogP) is 2.58. The molecule has 1 N–H and O–H groups in total. The number of rotatable bonds is 4. The van der Waals surface area contributed by atoms with Crippen molar-refractivity contribution in [3.63, 3.8) is 0 Å². The molecule has 0 radical (unpaired) electrons. The SMILES string of the molecule is Cc1cccc(O[C@H]2C[C@H](C(=O)N3CCCN(C4CCC4)CC3)N(C(=O)O)C2)c1. The van der Waals surface area contributed by atoms with Gasteiger partial charge in [0.1, 0.15) is 17.9 Å². The van der Waals surface area contributed by atoms with Crippen molar-refractivity contribution in [2.75, 3.05) is 32.7 Å². The number of nitrogens with zero attached hydrogens (tertiary/aromatic N) is 3. The maximum atomic E-state index is 13.2. The summed E-state index contributed by atoms with van der Waals surface area (Å²) in [5.74, 6) is 0.651. The Hall–Kier alpha value is -2.28. The third-order valence-electron chi connectivity index (χ3n) is 6.52. The lowest BCUT2D eigenvalue weighted by molar-refractivity contribution is -0.135. The molecule has 158 valence electrons. The smallest absolute Gasteiger partial charge is 0.408 e. The maximum Gasteiger partial charge on any atom is 0.408 e. The molecule has 1 aliphatic carbocycles. The van der Waals surface area contributed by atoms with Crippen LogP contribution in [0, 0.1) is 6.92 Å². The summed E-state index contributed by atoms with van der Waals surface area (Å²) >= 11 is 0. The summed E-state index contributed by atoms with van der Waals surface area (Å²) in [5, 5.41) is 9.66. The van der Waals surface area contributed by atoms with E-state index in [1.54, 1.807) is 0 Å². The predicted molar refractivity (Wildman–Crippen MR) is 109 cm³/mol. The highest BCUT2D eigenvalue weighted by Gasteiger charge is 2.43. The Balaban J connectivity index is 1.40. The summed E-state index contributed by atoms with van der Waals surface area (Å²) in [6.07, 6.45) is 3.84. The molecule has 0 bridgehead atoms. The molecule has 2 aliphatic heterocycles. The van der Waals surface area contributed by atoms with Gasteiger partial charge in [-0.05, 0) is 43.9 Å². The molecule has 2 atom stereocenters. The third-order valence-corrected chi connectivity index (χ3v) is 6.52. The van der Waals surface area contributed by atoms with E-state index >= 15 is 0 Å². The Morgan fingerprint density at radius 3 is 2.62 bits per heavy atom. The van der Waals surface area contributed by atoms with Crippen molar-refractivity contribution in [3.05, 3.63) is 29.8 Å². The van der Waals surface area contributed by atoms with E-state index in [9.17, 15) is 14.7 Å². The summed E-state index contributed by atoms with van der Waals surface area (Å²) in [6, 6.07) is 7.74. The normalized spacial score (nSPS) is 26.1. The van der Waals surface area contributed by atoms with Crippen molar-refractivity contribution < 1.29 is 19.4 Å². The second-order valence-corrected chi connectivity index (χ2v) is 8.54. The van der Waals surface area contributed by atoms with Gasteiger partial charge in [0.25, 0.3) is 0 Å². The van der Waals surface area contributed by atoms with Crippen LogP contribution in [-0.4, -0.2) is 82.7 Å². The van der Waals surface area contributed by atoms with Gasteiger partial charge in [0.2, 0.25) is 5.91 Å². The fourth-order valence-electron chi connectivity index (χ4n) is 4.69. The minimum atomic E-state index is -1.05. The Morgan fingerprint density at radius 1 is 1.10 bits per heavy atom. The number of hydrogen-bond acceptors (Lipinski definition) is 4. The fourth-order valence-corrected chi connectivity index (χ4v) is 4.69. The molecular formula is C22H31N3O4. The molecule has 0 aromatic heterocycles. The number of likely N-dealkylation sites (tertiary alicyclic amines) is 1. The minimum Gasteiger partial charge on any atom is -0.488 e. The lowest BCUT2D eigenvalue weighted by Gasteiger charge is -2.36. The molecule has 7 heteroatoms. The molecule has 3 aliphatic rings. The van der Waals surface area contributed by atoms with Crippen molar-refractivity contribution in [2.45, 2.75) is 57.2 Å². The highest BCUT2D eigenvalue weighted by atomic mass is 16.5. The summed E-state index contributed by atoms with van der Waals surface area (Å²) in [6.45, 7) is 5.52. The zero-order chi connectivity index (χ0) is 20.4. The van der Waals surface area contributed by atoms with Gasteiger partial charge in [-0.2, -0.15) is 0 Å². The molecule has 3 fully saturated rings. The van der Waals surface area contributed by atoms with Crippen LogP contribution in [0.5, 0.6) is 5.75 Å². The summed E-state index contributed by atoms with van der Waals surface area (Å²) in [5.41, 5.74) is 1.09. The van der Waals surface area contributed by atoms with Crippen LogP contribution < -0.4 is 4.74 Å². The molecule has 1 saturated carbocycles. The second-order valence-electron chi connectivity index (χ2n) is 8.54. The van der Waals surface area contributed by atoms with Gasteiger partial charge >= 0.3 is 6.09 Å². The number of ether oxygens (including phenoxy) is 1. The van der Waals surface area contributed by atoms with Crippen LogP contribution in [0.25, 0.3) is 0 Å².